The Balaban J connectivity index is 2.47. The molecule has 1 rings (SSSR count). The van der Waals surface area contributed by atoms with E-state index in [-0.39, 0.29) is 12.6 Å². The van der Waals surface area contributed by atoms with E-state index in [0.717, 1.165) is 30.9 Å². The third-order valence-electron chi connectivity index (χ3n) is 2.83. The lowest BCUT2D eigenvalue weighted by Gasteiger charge is -2.16. The second kappa shape index (κ2) is 8.32. The zero-order valence-electron chi connectivity index (χ0n) is 11.9. The summed E-state index contributed by atoms with van der Waals surface area (Å²) >= 11 is 0. The van der Waals surface area contributed by atoms with Crippen molar-refractivity contribution in [2.75, 3.05) is 19.8 Å². The molecule has 0 spiro atoms. The number of hydrogen-bond acceptors (Lipinski definition) is 3. The molecule has 0 bridgehead atoms. The Morgan fingerprint density at radius 2 is 2.05 bits per heavy atom. The van der Waals surface area contributed by atoms with Crippen LogP contribution in [-0.4, -0.2) is 25.9 Å². The van der Waals surface area contributed by atoms with Gasteiger partial charge in [0.15, 0.2) is 0 Å². The van der Waals surface area contributed by atoms with Gasteiger partial charge in [-0.3, -0.25) is 0 Å². The first-order chi connectivity index (χ1) is 9.46. The van der Waals surface area contributed by atoms with Crippen LogP contribution >= 0.6 is 0 Å². The summed E-state index contributed by atoms with van der Waals surface area (Å²) in [7, 11) is 0. The number of furan rings is 1. The molecule has 0 amide bonds. The largest absolute Gasteiger partial charge is 0.464 e. The highest BCUT2D eigenvalue weighted by Crippen LogP contribution is 2.21. The maximum absolute atomic E-state index is 12.0. The van der Waals surface area contributed by atoms with E-state index in [1.165, 1.54) is 0 Å². The second-order valence-electron chi connectivity index (χ2n) is 4.62. The van der Waals surface area contributed by atoms with E-state index in [9.17, 15) is 13.2 Å². The van der Waals surface area contributed by atoms with Gasteiger partial charge < -0.3 is 14.5 Å². The Hall–Kier alpha value is -1.01. The molecule has 0 saturated carbocycles. The van der Waals surface area contributed by atoms with Crippen molar-refractivity contribution in [3.05, 3.63) is 23.7 Å². The van der Waals surface area contributed by atoms with Gasteiger partial charge in [0.25, 0.3) is 0 Å². The summed E-state index contributed by atoms with van der Waals surface area (Å²) in [6.45, 7) is 3.65. The number of hydrogen-bond donors (Lipinski definition) is 1. The van der Waals surface area contributed by atoms with E-state index in [4.69, 9.17) is 4.42 Å². The molecule has 0 aliphatic heterocycles. The fraction of sp³-hybridized carbons (Fsp3) is 0.714. The van der Waals surface area contributed by atoms with Crippen LogP contribution in [0.5, 0.6) is 0 Å². The average Bonchev–Trinajstić information content (AvgIpc) is 2.85. The molecule has 0 radical (unpaired) electrons. The lowest BCUT2D eigenvalue weighted by molar-refractivity contribution is -0.174. The molecule has 6 heteroatoms. The summed E-state index contributed by atoms with van der Waals surface area (Å²) in [5.41, 5.74) is 0. The molecule has 1 atom stereocenters. The third kappa shape index (κ3) is 6.43. The van der Waals surface area contributed by atoms with Crippen LogP contribution in [0.1, 0.15) is 44.3 Å². The molecule has 1 heterocycles. The van der Waals surface area contributed by atoms with Gasteiger partial charge in [-0.15, -0.1) is 0 Å². The molecule has 116 valence electrons. The van der Waals surface area contributed by atoms with Gasteiger partial charge in [0.1, 0.15) is 18.1 Å². The molecular formula is C14H22F3NO2. The predicted molar refractivity (Wildman–Crippen MR) is 70.6 cm³/mol. The van der Waals surface area contributed by atoms with E-state index < -0.39 is 12.8 Å². The Kier molecular flexibility index (Phi) is 7.09. The van der Waals surface area contributed by atoms with Crippen LogP contribution in [0.25, 0.3) is 0 Å². The maximum atomic E-state index is 12.0. The lowest BCUT2D eigenvalue weighted by Crippen LogP contribution is -2.24. The second-order valence-corrected chi connectivity index (χ2v) is 4.62. The Bertz CT molecular complexity index is 377. The number of halogens is 3. The smallest absolute Gasteiger partial charge is 0.411 e. The van der Waals surface area contributed by atoms with Crippen molar-refractivity contribution >= 4 is 0 Å². The first-order valence-electron chi connectivity index (χ1n) is 6.92. The van der Waals surface area contributed by atoms with Crippen LogP contribution in [0.15, 0.2) is 16.5 Å². The van der Waals surface area contributed by atoms with Crippen molar-refractivity contribution < 1.29 is 22.3 Å². The van der Waals surface area contributed by atoms with E-state index >= 15 is 0 Å². The fourth-order valence-corrected chi connectivity index (χ4v) is 1.82. The van der Waals surface area contributed by atoms with Gasteiger partial charge in [0, 0.05) is 13.0 Å². The predicted octanol–water partition coefficient (Wildman–Crippen LogP) is 3.85. The molecular weight excluding hydrogens is 271 g/mol. The minimum absolute atomic E-state index is 0.0447. The monoisotopic (exact) mass is 293 g/mol. The summed E-state index contributed by atoms with van der Waals surface area (Å²) in [5, 5.41) is 3.27. The normalized spacial score (nSPS) is 13.7. The van der Waals surface area contributed by atoms with Crippen LogP contribution < -0.4 is 5.32 Å². The first kappa shape index (κ1) is 17.0. The van der Waals surface area contributed by atoms with Crippen molar-refractivity contribution in [1.29, 1.82) is 0 Å². The molecule has 0 aromatic carbocycles. The van der Waals surface area contributed by atoms with Gasteiger partial charge in [-0.05, 0) is 31.5 Å². The van der Waals surface area contributed by atoms with Crippen molar-refractivity contribution in [1.82, 2.24) is 5.32 Å². The van der Waals surface area contributed by atoms with Crippen LogP contribution in [0, 0.1) is 0 Å². The minimum Gasteiger partial charge on any atom is -0.464 e. The molecule has 0 aliphatic rings. The van der Waals surface area contributed by atoms with E-state index in [1.54, 1.807) is 0 Å². The Morgan fingerprint density at radius 3 is 2.60 bits per heavy atom. The standard InChI is InChI=1S/C14H22F3NO2/c1-3-8-18-12(7-9-19-10-14(15,16)17)13-6-5-11(4-2)20-13/h5-6,12,18H,3-4,7-10H2,1-2H3. The molecule has 1 unspecified atom stereocenters. The molecule has 0 aliphatic carbocycles. The number of nitrogens with one attached hydrogen (secondary N) is 1. The van der Waals surface area contributed by atoms with Crippen molar-refractivity contribution in [2.24, 2.45) is 0 Å². The Morgan fingerprint density at radius 1 is 1.30 bits per heavy atom. The van der Waals surface area contributed by atoms with Gasteiger partial charge in [0.2, 0.25) is 0 Å². The number of ether oxygens (including phenoxy) is 1. The molecule has 1 N–H and O–H groups in total. The molecule has 0 saturated heterocycles. The van der Waals surface area contributed by atoms with Crippen molar-refractivity contribution in [3.63, 3.8) is 0 Å². The summed E-state index contributed by atoms with van der Waals surface area (Å²) in [6, 6.07) is 3.66. The quantitative estimate of drug-likeness (QED) is 0.702. The fourth-order valence-electron chi connectivity index (χ4n) is 1.82. The van der Waals surface area contributed by atoms with E-state index in [0.29, 0.717) is 6.42 Å². The van der Waals surface area contributed by atoms with Gasteiger partial charge in [0.05, 0.1) is 6.04 Å². The summed E-state index contributed by atoms with van der Waals surface area (Å²) in [4.78, 5) is 0. The van der Waals surface area contributed by atoms with Crippen LogP contribution in [0.3, 0.4) is 0 Å². The van der Waals surface area contributed by atoms with Crippen molar-refractivity contribution in [2.45, 2.75) is 45.3 Å². The molecule has 1 aromatic heterocycles. The zero-order valence-corrected chi connectivity index (χ0v) is 11.9. The molecule has 20 heavy (non-hydrogen) atoms. The zero-order chi connectivity index (χ0) is 15.0. The van der Waals surface area contributed by atoms with Crippen molar-refractivity contribution in [3.8, 4) is 0 Å². The minimum atomic E-state index is -4.27. The summed E-state index contributed by atoms with van der Waals surface area (Å²) < 4.78 is 46.3. The topological polar surface area (TPSA) is 34.4 Å². The van der Waals surface area contributed by atoms with Gasteiger partial charge in [-0.25, -0.2) is 0 Å². The van der Waals surface area contributed by atoms with Gasteiger partial charge in [-0.2, -0.15) is 13.2 Å². The molecule has 0 fully saturated rings. The average molecular weight is 293 g/mol. The van der Waals surface area contributed by atoms with Gasteiger partial charge >= 0.3 is 6.18 Å². The van der Waals surface area contributed by atoms with E-state index in [2.05, 4.69) is 10.1 Å². The van der Waals surface area contributed by atoms with Gasteiger partial charge in [-0.1, -0.05) is 13.8 Å². The maximum Gasteiger partial charge on any atom is 0.411 e. The highest BCUT2D eigenvalue weighted by atomic mass is 19.4. The summed E-state index contributed by atoms with van der Waals surface area (Å²) in [5.74, 6) is 1.63. The number of alkyl halides is 3. The number of rotatable bonds is 9. The number of aryl methyl sites for hydroxylation is 1. The molecule has 3 nitrogen and oxygen atoms in total. The van der Waals surface area contributed by atoms with Crippen LogP contribution in [-0.2, 0) is 11.2 Å². The Labute approximate surface area is 117 Å². The first-order valence-corrected chi connectivity index (χ1v) is 6.92. The summed E-state index contributed by atoms with van der Waals surface area (Å²) in [6.07, 6.45) is -2.08. The SMILES string of the molecule is CCCNC(CCOCC(F)(F)F)c1ccc(CC)o1. The highest BCUT2D eigenvalue weighted by molar-refractivity contribution is 5.10. The van der Waals surface area contributed by atoms with Crippen LogP contribution in [0.2, 0.25) is 0 Å². The third-order valence-corrected chi connectivity index (χ3v) is 2.83. The highest BCUT2D eigenvalue weighted by Gasteiger charge is 2.27. The van der Waals surface area contributed by atoms with Crippen LogP contribution in [0.4, 0.5) is 13.2 Å². The van der Waals surface area contributed by atoms with E-state index in [1.807, 2.05) is 26.0 Å². The molecule has 1 aromatic rings. The lowest BCUT2D eigenvalue weighted by atomic mass is 10.1.